The van der Waals surface area contributed by atoms with Crippen molar-refractivity contribution in [2.24, 2.45) is 0 Å². The Morgan fingerprint density at radius 3 is 2.59 bits per heavy atom. The minimum absolute atomic E-state index is 0.150. The number of ether oxygens (including phenoxy) is 4. The molecular weight excluding hydrogens is 464 g/mol. The fourth-order valence-corrected chi connectivity index (χ4v) is 5.17. The minimum atomic E-state index is 0.150. The molecule has 1 saturated heterocycles. The van der Waals surface area contributed by atoms with Gasteiger partial charge in [0.2, 0.25) is 0 Å². The molecule has 1 fully saturated rings. The van der Waals surface area contributed by atoms with Crippen LogP contribution in [0.5, 0.6) is 17.2 Å². The fraction of sp³-hybridized carbons (Fsp3) is 0.419. The molecule has 2 heterocycles. The first-order valence-corrected chi connectivity index (χ1v) is 13.5. The molecule has 2 aliphatic rings. The molecule has 0 aromatic heterocycles. The van der Waals surface area contributed by atoms with Gasteiger partial charge in [0.1, 0.15) is 5.75 Å². The highest BCUT2D eigenvalue weighted by Gasteiger charge is 2.27. The molecule has 6 nitrogen and oxygen atoms in total. The van der Waals surface area contributed by atoms with Crippen LogP contribution in [0.4, 0.5) is 5.69 Å². The number of hydrogen-bond donors (Lipinski definition) is 2. The van der Waals surface area contributed by atoms with Gasteiger partial charge in [0.05, 0.1) is 33.0 Å². The highest BCUT2D eigenvalue weighted by Crippen LogP contribution is 2.31. The van der Waals surface area contributed by atoms with Crippen LogP contribution in [0.15, 0.2) is 66.7 Å². The highest BCUT2D eigenvalue weighted by molar-refractivity contribution is 5.54. The number of aryl methyl sites for hydroxylation is 1. The van der Waals surface area contributed by atoms with Crippen molar-refractivity contribution >= 4 is 5.69 Å². The van der Waals surface area contributed by atoms with Gasteiger partial charge in [-0.2, -0.15) is 0 Å². The highest BCUT2D eigenvalue weighted by atomic mass is 16.5. The third-order valence-corrected chi connectivity index (χ3v) is 7.20. The number of nitrogens with one attached hydrogen (secondary N) is 2. The van der Waals surface area contributed by atoms with E-state index in [0.29, 0.717) is 25.7 Å². The maximum atomic E-state index is 6.46. The minimum Gasteiger partial charge on any atom is -0.493 e. The number of hydrogen-bond acceptors (Lipinski definition) is 6. The summed E-state index contributed by atoms with van der Waals surface area (Å²) in [5, 5.41) is 7.03. The van der Waals surface area contributed by atoms with Crippen molar-refractivity contribution in [2.75, 3.05) is 45.3 Å². The quantitative estimate of drug-likeness (QED) is 0.335. The maximum absolute atomic E-state index is 6.46. The second kappa shape index (κ2) is 12.8. The molecule has 0 aliphatic carbocycles. The van der Waals surface area contributed by atoms with E-state index in [1.165, 1.54) is 28.8 Å². The zero-order valence-electron chi connectivity index (χ0n) is 21.7. The lowest BCUT2D eigenvalue weighted by atomic mass is 9.87. The molecule has 37 heavy (non-hydrogen) atoms. The molecule has 1 unspecified atom stereocenters. The van der Waals surface area contributed by atoms with E-state index in [-0.39, 0.29) is 6.10 Å². The van der Waals surface area contributed by atoms with Crippen LogP contribution in [0.25, 0.3) is 0 Å². The molecule has 2 N–H and O–H groups in total. The Labute approximate surface area is 220 Å². The zero-order chi connectivity index (χ0) is 25.3. The predicted octanol–water partition coefficient (Wildman–Crippen LogP) is 5.56. The Balaban J connectivity index is 1.09. The number of piperidine rings is 1. The van der Waals surface area contributed by atoms with Crippen LogP contribution in [-0.4, -0.2) is 46.1 Å². The van der Waals surface area contributed by atoms with Gasteiger partial charge >= 0.3 is 0 Å². The fourth-order valence-electron chi connectivity index (χ4n) is 5.17. The van der Waals surface area contributed by atoms with E-state index in [4.69, 9.17) is 18.9 Å². The molecule has 0 spiro atoms. The van der Waals surface area contributed by atoms with Gasteiger partial charge in [-0.15, -0.1) is 0 Å². The largest absolute Gasteiger partial charge is 0.493 e. The summed E-state index contributed by atoms with van der Waals surface area (Å²) in [6.45, 7) is 4.75. The Hall–Kier alpha value is -3.22. The van der Waals surface area contributed by atoms with Crippen LogP contribution < -0.4 is 24.8 Å². The summed E-state index contributed by atoms with van der Waals surface area (Å²) in [6.07, 6.45) is 4.38. The summed E-state index contributed by atoms with van der Waals surface area (Å²) in [7, 11) is 1.65. The van der Waals surface area contributed by atoms with Crippen molar-refractivity contribution < 1.29 is 18.9 Å². The topological polar surface area (TPSA) is 61.0 Å². The lowest BCUT2D eigenvalue weighted by Gasteiger charge is -2.32. The van der Waals surface area contributed by atoms with Gasteiger partial charge in [0, 0.05) is 31.1 Å². The molecule has 196 valence electrons. The second-order valence-corrected chi connectivity index (χ2v) is 9.74. The van der Waals surface area contributed by atoms with E-state index < -0.39 is 0 Å². The average Bonchev–Trinajstić information content (AvgIpc) is 2.96. The summed E-state index contributed by atoms with van der Waals surface area (Å²) in [6, 6.07) is 22.9. The van der Waals surface area contributed by atoms with Crippen molar-refractivity contribution in [3.8, 4) is 17.2 Å². The normalized spacial score (nSPS) is 18.9. The monoisotopic (exact) mass is 502 g/mol. The predicted molar refractivity (Wildman–Crippen MR) is 147 cm³/mol. The number of para-hydroxylation sites is 2. The van der Waals surface area contributed by atoms with Crippen LogP contribution in [0.1, 0.15) is 41.9 Å². The van der Waals surface area contributed by atoms with Gasteiger partial charge < -0.3 is 29.6 Å². The first-order chi connectivity index (χ1) is 18.3. The Bertz CT molecular complexity index is 1130. The van der Waals surface area contributed by atoms with Crippen LogP contribution >= 0.6 is 0 Å². The van der Waals surface area contributed by atoms with E-state index in [9.17, 15) is 0 Å². The molecule has 3 aromatic carbocycles. The van der Waals surface area contributed by atoms with Crippen molar-refractivity contribution in [3.63, 3.8) is 0 Å². The van der Waals surface area contributed by atoms with E-state index in [1.54, 1.807) is 7.11 Å². The standard InChI is InChI=1S/C31H38N2O4/c1-34-29-7-2-3-8-30(29)36-19-5-18-35-26-13-11-24(12-14-26)27-15-17-32-21-31(27)37-22-23-9-10-25-6-4-16-33-28(25)20-23/h2-3,7-14,20,27,31-33H,4-6,15-19,21-22H2,1H3/t27?,31-/m0/s1. The SMILES string of the molecule is COc1ccccc1OCCCOc1ccc(C2CCNC[C@@H]2OCc2ccc3c(c2)NCCC3)cc1. The average molecular weight is 503 g/mol. The van der Waals surface area contributed by atoms with E-state index in [1.807, 2.05) is 24.3 Å². The molecule has 0 bridgehead atoms. The molecule has 0 amide bonds. The lowest BCUT2D eigenvalue weighted by molar-refractivity contribution is 0.0106. The third-order valence-electron chi connectivity index (χ3n) is 7.20. The summed E-state index contributed by atoms with van der Waals surface area (Å²) in [4.78, 5) is 0. The van der Waals surface area contributed by atoms with E-state index >= 15 is 0 Å². The third kappa shape index (κ3) is 6.76. The number of benzene rings is 3. The van der Waals surface area contributed by atoms with Crippen LogP contribution in [0.2, 0.25) is 0 Å². The van der Waals surface area contributed by atoms with Crippen molar-refractivity contribution in [3.05, 3.63) is 83.4 Å². The Kier molecular flexibility index (Phi) is 8.82. The number of rotatable bonds is 11. The first kappa shape index (κ1) is 25.4. The summed E-state index contributed by atoms with van der Waals surface area (Å²) in [5.74, 6) is 2.77. The Morgan fingerprint density at radius 1 is 0.892 bits per heavy atom. The maximum Gasteiger partial charge on any atom is 0.161 e. The molecule has 6 heteroatoms. The van der Waals surface area contributed by atoms with Gasteiger partial charge in [0.25, 0.3) is 0 Å². The molecule has 2 atom stereocenters. The van der Waals surface area contributed by atoms with Gasteiger partial charge in [-0.1, -0.05) is 36.4 Å². The van der Waals surface area contributed by atoms with Gasteiger partial charge in [0.15, 0.2) is 11.5 Å². The summed E-state index contributed by atoms with van der Waals surface area (Å²) >= 11 is 0. The van der Waals surface area contributed by atoms with Crippen molar-refractivity contribution in [2.45, 2.75) is 44.3 Å². The second-order valence-electron chi connectivity index (χ2n) is 9.74. The molecule has 0 saturated carbocycles. The van der Waals surface area contributed by atoms with Crippen LogP contribution in [0.3, 0.4) is 0 Å². The summed E-state index contributed by atoms with van der Waals surface area (Å²) < 4.78 is 23.6. The Morgan fingerprint density at radius 2 is 1.73 bits per heavy atom. The lowest BCUT2D eigenvalue weighted by Crippen LogP contribution is -2.40. The van der Waals surface area contributed by atoms with Gasteiger partial charge in [-0.3, -0.25) is 0 Å². The first-order valence-electron chi connectivity index (χ1n) is 13.5. The van der Waals surface area contributed by atoms with Gasteiger partial charge in [-0.05, 0) is 72.8 Å². The number of anilines is 1. The number of fused-ring (bicyclic) bond motifs is 1. The molecule has 3 aromatic rings. The van der Waals surface area contributed by atoms with Crippen molar-refractivity contribution in [1.29, 1.82) is 0 Å². The molecule has 0 radical (unpaired) electrons. The molecule has 5 rings (SSSR count). The zero-order valence-corrected chi connectivity index (χ0v) is 21.7. The smallest absolute Gasteiger partial charge is 0.161 e. The van der Waals surface area contributed by atoms with Crippen LogP contribution in [0, 0.1) is 0 Å². The van der Waals surface area contributed by atoms with Crippen LogP contribution in [-0.2, 0) is 17.8 Å². The van der Waals surface area contributed by atoms with Crippen molar-refractivity contribution in [1.82, 2.24) is 5.32 Å². The van der Waals surface area contributed by atoms with E-state index in [2.05, 4.69) is 53.1 Å². The van der Waals surface area contributed by atoms with E-state index in [0.717, 1.165) is 56.1 Å². The number of methoxy groups -OCH3 is 1. The van der Waals surface area contributed by atoms with Gasteiger partial charge in [-0.25, -0.2) is 0 Å². The summed E-state index contributed by atoms with van der Waals surface area (Å²) in [5.41, 5.74) is 5.23. The molecule has 2 aliphatic heterocycles. The molecular formula is C31H38N2O4.